The zero-order valence-electron chi connectivity index (χ0n) is 18.8. The molecule has 1 rings (SSSR count). The molecule has 17 heteroatoms. The van der Waals surface area contributed by atoms with E-state index in [0.29, 0.717) is 4.90 Å². The van der Waals surface area contributed by atoms with Crippen LogP contribution in [0.25, 0.3) is 0 Å². The number of hydrogen-bond acceptors (Lipinski definition) is 8. The van der Waals surface area contributed by atoms with Gasteiger partial charge in [-0.2, -0.15) is 13.2 Å². The van der Waals surface area contributed by atoms with Crippen molar-refractivity contribution in [3.63, 3.8) is 0 Å². The minimum absolute atomic E-state index is 0.0547. The summed E-state index contributed by atoms with van der Waals surface area (Å²) in [7, 11) is 0. The molecule has 0 aromatic heterocycles. The number of primary amides is 1. The Bertz CT molecular complexity index is 920. The molecule has 0 radical (unpaired) electrons. The van der Waals surface area contributed by atoms with Gasteiger partial charge in [-0.25, -0.2) is 0 Å². The fraction of sp³-hybridized carbons (Fsp3) is 0.526. The van der Waals surface area contributed by atoms with E-state index in [0.717, 1.165) is 19.1 Å². The summed E-state index contributed by atoms with van der Waals surface area (Å²) in [5.74, 6) is -7.41. The van der Waals surface area contributed by atoms with Gasteiger partial charge in [0, 0.05) is 18.6 Å². The van der Waals surface area contributed by atoms with Gasteiger partial charge in [0.05, 0.1) is 6.54 Å². The lowest BCUT2D eigenvalue weighted by atomic mass is 10.1. The molecule has 0 aliphatic carbocycles. The molecule has 3 unspecified atom stereocenters. The number of carboxylic acids is 1. The Morgan fingerprint density at radius 1 is 1.08 bits per heavy atom. The third kappa shape index (κ3) is 9.32. The number of nitrogens with two attached hydrogens (primary N) is 1. The first-order valence-corrected chi connectivity index (χ1v) is 10.2. The van der Waals surface area contributed by atoms with Crippen LogP contribution in [0.2, 0.25) is 0 Å². The number of alkyl halides is 3. The van der Waals surface area contributed by atoms with Crippen LogP contribution in [-0.4, -0.2) is 89.1 Å². The van der Waals surface area contributed by atoms with Gasteiger partial charge in [0.15, 0.2) is 0 Å². The van der Waals surface area contributed by atoms with E-state index in [-0.39, 0.29) is 19.3 Å². The van der Waals surface area contributed by atoms with E-state index in [2.05, 4.69) is 21.1 Å². The van der Waals surface area contributed by atoms with Crippen molar-refractivity contribution >= 4 is 41.4 Å². The molecule has 0 spiro atoms. The van der Waals surface area contributed by atoms with Crippen LogP contribution in [-0.2, 0) is 38.3 Å². The van der Waals surface area contributed by atoms with Crippen LogP contribution in [0.4, 0.5) is 13.2 Å². The Kier molecular flexibility index (Phi) is 11.0. The number of imide groups is 1. The SMILES string of the molecule is CC(NC(=O)CNC(=O)C(CCCC(=O)O)N1C(=O)C=CC1=O)C(=O)NCOC(C(N)=O)C(F)(F)F. The molecule has 6 N–H and O–H groups in total. The zero-order chi connectivity index (χ0) is 27.6. The van der Waals surface area contributed by atoms with Crippen molar-refractivity contribution in [2.45, 2.75) is 50.6 Å². The average molecular weight is 523 g/mol. The first-order valence-electron chi connectivity index (χ1n) is 10.2. The van der Waals surface area contributed by atoms with E-state index in [1.165, 1.54) is 0 Å². The maximum atomic E-state index is 12.6. The highest BCUT2D eigenvalue weighted by molar-refractivity contribution is 6.15. The van der Waals surface area contributed by atoms with Gasteiger partial charge in [-0.3, -0.25) is 38.5 Å². The lowest BCUT2D eigenvalue weighted by Crippen LogP contribution is -2.53. The first-order chi connectivity index (χ1) is 16.6. The number of nitrogens with zero attached hydrogens (tertiary/aromatic N) is 1. The topological polar surface area (TPSA) is 214 Å². The zero-order valence-corrected chi connectivity index (χ0v) is 18.8. The minimum Gasteiger partial charge on any atom is -0.481 e. The molecule has 14 nitrogen and oxygen atoms in total. The molecule has 0 fully saturated rings. The Morgan fingerprint density at radius 3 is 2.17 bits per heavy atom. The van der Waals surface area contributed by atoms with Gasteiger partial charge in [-0.15, -0.1) is 0 Å². The van der Waals surface area contributed by atoms with Gasteiger partial charge in [0.1, 0.15) is 18.8 Å². The Labute approximate surface area is 201 Å². The summed E-state index contributed by atoms with van der Waals surface area (Å²) in [6.07, 6.45) is -6.78. The molecule has 36 heavy (non-hydrogen) atoms. The number of amides is 6. The van der Waals surface area contributed by atoms with E-state index in [1.807, 2.05) is 5.32 Å². The second kappa shape index (κ2) is 13.2. The molecule has 0 bridgehead atoms. The summed E-state index contributed by atoms with van der Waals surface area (Å²) >= 11 is 0. The highest BCUT2D eigenvalue weighted by Crippen LogP contribution is 2.22. The fourth-order valence-electron chi connectivity index (χ4n) is 2.87. The summed E-state index contributed by atoms with van der Waals surface area (Å²) in [4.78, 5) is 82.4. The third-order valence-electron chi connectivity index (χ3n) is 4.57. The Hall–Kier alpha value is -4.02. The number of nitrogens with one attached hydrogen (secondary N) is 3. The molecule has 6 amide bonds. The second-order valence-corrected chi connectivity index (χ2v) is 7.36. The molecule has 3 atom stereocenters. The quantitative estimate of drug-likeness (QED) is 0.122. The standard InChI is InChI=1S/C19H24F3N5O9/c1-9(17(34)25-8-36-15(16(23)33)19(20,21)22)26-11(28)7-24-18(35)10(3-2-4-14(31)32)27-12(29)5-6-13(27)30/h5-6,9-10,15H,2-4,7-8H2,1H3,(H2,23,33)(H,24,35)(H,25,34)(H,26,28)(H,31,32). The molecular formula is C19H24F3N5O9. The van der Waals surface area contributed by atoms with Crippen LogP contribution < -0.4 is 21.7 Å². The first kappa shape index (κ1) is 30.0. The number of carbonyl (C=O) groups excluding carboxylic acids is 6. The number of hydrogen-bond donors (Lipinski definition) is 5. The van der Waals surface area contributed by atoms with Crippen molar-refractivity contribution in [2.24, 2.45) is 5.73 Å². The summed E-state index contributed by atoms with van der Waals surface area (Å²) in [6.45, 7) is -0.608. The third-order valence-corrected chi connectivity index (χ3v) is 4.57. The number of aliphatic carboxylic acids is 1. The van der Waals surface area contributed by atoms with E-state index in [1.54, 1.807) is 0 Å². The largest absolute Gasteiger partial charge is 0.481 e. The Balaban J connectivity index is 2.59. The molecule has 1 aliphatic rings. The molecule has 0 aromatic carbocycles. The van der Waals surface area contributed by atoms with Crippen molar-refractivity contribution in [3.8, 4) is 0 Å². The lowest BCUT2D eigenvalue weighted by Gasteiger charge is -2.25. The summed E-state index contributed by atoms with van der Waals surface area (Å²) in [5.41, 5.74) is 4.58. The van der Waals surface area contributed by atoms with Crippen LogP contribution in [0.15, 0.2) is 12.2 Å². The van der Waals surface area contributed by atoms with Crippen LogP contribution in [0.3, 0.4) is 0 Å². The van der Waals surface area contributed by atoms with Gasteiger partial charge in [-0.05, 0) is 19.8 Å². The Morgan fingerprint density at radius 2 is 1.67 bits per heavy atom. The lowest BCUT2D eigenvalue weighted by molar-refractivity contribution is -0.218. The molecule has 0 saturated heterocycles. The van der Waals surface area contributed by atoms with Crippen LogP contribution in [0.5, 0.6) is 0 Å². The molecule has 1 aliphatic heterocycles. The van der Waals surface area contributed by atoms with E-state index in [4.69, 9.17) is 5.11 Å². The number of carbonyl (C=O) groups is 7. The highest BCUT2D eigenvalue weighted by Gasteiger charge is 2.45. The van der Waals surface area contributed by atoms with Crippen molar-refractivity contribution in [1.29, 1.82) is 0 Å². The summed E-state index contributed by atoms with van der Waals surface area (Å²) in [5, 5.41) is 15.0. The number of carboxylic acid groups (broad SMARTS) is 1. The van der Waals surface area contributed by atoms with E-state index >= 15 is 0 Å². The molecule has 200 valence electrons. The minimum atomic E-state index is -5.10. The van der Waals surface area contributed by atoms with Crippen LogP contribution in [0, 0.1) is 0 Å². The van der Waals surface area contributed by atoms with Gasteiger partial charge >= 0.3 is 12.1 Å². The van der Waals surface area contributed by atoms with Gasteiger partial charge in [0.2, 0.25) is 23.8 Å². The summed E-state index contributed by atoms with van der Waals surface area (Å²) in [6, 6.07) is -2.70. The maximum absolute atomic E-state index is 12.6. The number of rotatable bonds is 14. The van der Waals surface area contributed by atoms with E-state index in [9.17, 15) is 46.7 Å². The van der Waals surface area contributed by atoms with Crippen molar-refractivity contribution in [1.82, 2.24) is 20.9 Å². The molecular weight excluding hydrogens is 499 g/mol. The molecule has 0 aromatic rings. The van der Waals surface area contributed by atoms with Crippen molar-refractivity contribution < 1.29 is 56.6 Å². The monoisotopic (exact) mass is 523 g/mol. The van der Waals surface area contributed by atoms with Crippen LogP contribution in [0.1, 0.15) is 26.2 Å². The van der Waals surface area contributed by atoms with E-state index < -0.39 is 79.1 Å². The smallest absolute Gasteiger partial charge is 0.423 e. The predicted molar refractivity (Wildman–Crippen MR) is 110 cm³/mol. The van der Waals surface area contributed by atoms with Gasteiger partial charge in [0.25, 0.3) is 17.7 Å². The maximum Gasteiger partial charge on any atom is 0.423 e. The normalized spacial score (nSPS) is 15.7. The van der Waals surface area contributed by atoms with Crippen LogP contribution >= 0.6 is 0 Å². The molecule has 0 saturated carbocycles. The number of ether oxygens (including phenoxy) is 1. The fourth-order valence-corrected chi connectivity index (χ4v) is 2.87. The van der Waals surface area contributed by atoms with Crippen molar-refractivity contribution in [3.05, 3.63) is 12.2 Å². The average Bonchev–Trinajstić information content (AvgIpc) is 3.08. The summed E-state index contributed by atoms with van der Waals surface area (Å²) < 4.78 is 41.9. The number of halogens is 3. The molecule has 1 heterocycles. The predicted octanol–water partition coefficient (Wildman–Crippen LogP) is -2.34. The second-order valence-electron chi connectivity index (χ2n) is 7.36. The van der Waals surface area contributed by atoms with Gasteiger partial charge < -0.3 is 31.5 Å². The highest BCUT2D eigenvalue weighted by atomic mass is 19.4. The van der Waals surface area contributed by atoms with Gasteiger partial charge in [-0.1, -0.05) is 0 Å². The van der Waals surface area contributed by atoms with Crippen molar-refractivity contribution in [2.75, 3.05) is 13.3 Å².